The molecular weight excluding hydrogens is 291 g/mol. The van der Waals surface area contributed by atoms with E-state index in [1.807, 2.05) is 20.8 Å². The zero-order chi connectivity index (χ0) is 12.3. The fourth-order valence-electron chi connectivity index (χ4n) is 1.20. The molecule has 0 fully saturated rings. The van der Waals surface area contributed by atoms with Crippen molar-refractivity contribution in [2.45, 2.75) is 26.8 Å². The molecular formula is C11H14BrFN2S. The highest BCUT2D eigenvalue weighted by atomic mass is 79.9. The van der Waals surface area contributed by atoms with Crippen LogP contribution in [0.1, 0.15) is 19.4 Å². The standard InChI is InChI=1S/C11H14BrFN2S/c1-6(2)14-11(16)15-10-5-9(13)8(12)4-7(10)3/h4-6H,1-3H3,(H2,14,15,16). The van der Waals surface area contributed by atoms with Crippen LogP contribution in [0.4, 0.5) is 10.1 Å². The lowest BCUT2D eigenvalue weighted by molar-refractivity contribution is 0.621. The van der Waals surface area contributed by atoms with Crippen LogP contribution in [0.2, 0.25) is 0 Å². The second kappa shape index (κ2) is 5.59. The number of benzene rings is 1. The lowest BCUT2D eigenvalue weighted by Crippen LogP contribution is -2.34. The predicted molar refractivity (Wildman–Crippen MR) is 73.3 cm³/mol. The molecule has 0 saturated carbocycles. The molecule has 0 aliphatic rings. The molecule has 0 atom stereocenters. The third-order valence-corrected chi connectivity index (χ3v) is 2.76. The van der Waals surface area contributed by atoms with E-state index in [4.69, 9.17) is 12.2 Å². The number of hydrogen-bond donors (Lipinski definition) is 2. The highest BCUT2D eigenvalue weighted by Crippen LogP contribution is 2.23. The first-order chi connectivity index (χ1) is 7.40. The van der Waals surface area contributed by atoms with Gasteiger partial charge in [-0.25, -0.2) is 4.39 Å². The van der Waals surface area contributed by atoms with Crippen molar-refractivity contribution in [3.8, 4) is 0 Å². The Kier molecular flexibility index (Phi) is 4.68. The number of halogens is 2. The first-order valence-corrected chi connectivity index (χ1v) is 6.13. The van der Waals surface area contributed by atoms with Gasteiger partial charge in [0.2, 0.25) is 0 Å². The van der Waals surface area contributed by atoms with Crippen LogP contribution < -0.4 is 10.6 Å². The zero-order valence-electron chi connectivity index (χ0n) is 9.40. The molecule has 16 heavy (non-hydrogen) atoms. The lowest BCUT2D eigenvalue weighted by Gasteiger charge is -2.15. The Hall–Kier alpha value is -0.680. The minimum absolute atomic E-state index is 0.251. The molecule has 0 saturated heterocycles. The summed E-state index contributed by atoms with van der Waals surface area (Å²) < 4.78 is 13.8. The van der Waals surface area contributed by atoms with Crippen LogP contribution in [0.5, 0.6) is 0 Å². The van der Waals surface area contributed by atoms with Crippen molar-refractivity contribution < 1.29 is 4.39 Å². The van der Waals surface area contributed by atoms with E-state index in [-0.39, 0.29) is 11.9 Å². The van der Waals surface area contributed by atoms with Crippen LogP contribution in [0.25, 0.3) is 0 Å². The molecule has 1 aromatic rings. The van der Waals surface area contributed by atoms with E-state index in [0.29, 0.717) is 15.3 Å². The number of hydrogen-bond acceptors (Lipinski definition) is 1. The fourth-order valence-corrected chi connectivity index (χ4v) is 2.01. The normalized spacial score (nSPS) is 10.4. The SMILES string of the molecule is Cc1cc(Br)c(F)cc1NC(=S)NC(C)C. The van der Waals surface area contributed by atoms with Gasteiger partial charge < -0.3 is 10.6 Å². The largest absolute Gasteiger partial charge is 0.360 e. The monoisotopic (exact) mass is 304 g/mol. The van der Waals surface area contributed by atoms with Gasteiger partial charge in [0.25, 0.3) is 0 Å². The van der Waals surface area contributed by atoms with Gasteiger partial charge in [0.1, 0.15) is 5.82 Å². The molecule has 0 radical (unpaired) electrons. The van der Waals surface area contributed by atoms with Crippen molar-refractivity contribution in [1.29, 1.82) is 0 Å². The summed E-state index contributed by atoms with van der Waals surface area (Å²) in [5, 5.41) is 6.51. The first kappa shape index (κ1) is 13.4. The maximum atomic E-state index is 13.3. The topological polar surface area (TPSA) is 24.1 Å². The Morgan fingerprint density at radius 3 is 2.62 bits per heavy atom. The summed E-state index contributed by atoms with van der Waals surface area (Å²) in [4.78, 5) is 0. The van der Waals surface area contributed by atoms with Gasteiger partial charge in [0.05, 0.1) is 4.47 Å². The van der Waals surface area contributed by atoms with Crippen LogP contribution in [-0.2, 0) is 0 Å². The smallest absolute Gasteiger partial charge is 0.170 e. The second-order valence-electron chi connectivity index (χ2n) is 3.83. The molecule has 2 nitrogen and oxygen atoms in total. The number of nitrogens with one attached hydrogen (secondary N) is 2. The van der Waals surface area contributed by atoms with E-state index in [0.717, 1.165) is 5.56 Å². The summed E-state index contributed by atoms with van der Waals surface area (Å²) in [5.41, 5.74) is 1.61. The first-order valence-electron chi connectivity index (χ1n) is 4.93. The average molecular weight is 305 g/mol. The van der Waals surface area contributed by atoms with Crippen molar-refractivity contribution in [2.75, 3.05) is 5.32 Å². The molecule has 0 aliphatic heterocycles. The molecule has 0 aliphatic carbocycles. The molecule has 0 amide bonds. The van der Waals surface area contributed by atoms with Crippen molar-refractivity contribution in [1.82, 2.24) is 5.32 Å². The van der Waals surface area contributed by atoms with Gasteiger partial charge in [-0.2, -0.15) is 0 Å². The lowest BCUT2D eigenvalue weighted by atomic mass is 10.2. The van der Waals surface area contributed by atoms with Gasteiger partial charge in [-0.3, -0.25) is 0 Å². The van der Waals surface area contributed by atoms with Gasteiger partial charge >= 0.3 is 0 Å². The molecule has 1 aromatic carbocycles. The molecule has 88 valence electrons. The van der Waals surface area contributed by atoms with Gasteiger partial charge in [-0.1, -0.05) is 0 Å². The quantitative estimate of drug-likeness (QED) is 0.817. The number of thiocarbonyl (C=S) groups is 1. The highest BCUT2D eigenvalue weighted by molar-refractivity contribution is 9.10. The van der Waals surface area contributed by atoms with Gasteiger partial charge in [0.15, 0.2) is 5.11 Å². The van der Waals surface area contributed by atoms with Crippen LogP contribution in [-0.4, -0.2) is 11.2 Å². The summed E-state index contributed by atoms with van der Waals surface area (Å²) >= 11 is 8.23. The third-order valence-electron chi connectivity index (χ3n) is 1.94. The van der Waals surface area contributed by atoms with Crippen molar-refractivity contribution in [2.24, 2.45) is 0 Å². The summed E-state index contributed by atoms with van der Waals surface area (Å²) in [6, 6.07) is 3.39. The zero-order valence-corrected chi connectivity index (χ0v) is 11.8. The van der Waals surface area contributed by atoms with Gasteiger partial charge in [-0.05, 0) is 66.6 Å². The average Bonchev–Trinajstić information content (AvgIpc) is 2.12. The van der Waals surface area contributed by atoms with E-state index in [1.165, 1.54) is 6.07 Å². The molecule has 0 spiro atoms. The van der Waals surface area contributed by atoms with Crippen molar-refractivity contribution in [3.63, 3.8) is 0 Å². The Morgan fingerprint density at radius 1 is 1.44 bits per heavy atom. The fraction of sp³-hybridized carbons (Fsp3) is 0.364. The third kappa shape index (κ3) is 3.72. The maximum Gasteiger partial charge on any atom is 0.170 e. The Morgan fingerprint density at radius 2 is 2.06 bits per heavy atom. The van der Waals surface area contributed by atoms with Crippen LogP contribution >= 0.6 is 28.1 Å². The van der Waals surface area contributed by atoms with Crippen LogP contribution in [0, 0.1) is 12.7 Å². The summed E-state index contributed by atoms with van der Waals surface area (Å²) in [7, 11) is 0. The molecule has 1 rings (SSSR count). The Bertz CT molecular complexity index is 407. The van der Waals surface area contributed by atoms with E-state index in [9.17, 15) is 4.39 Å². The van der Waals surface area contributed by atoms with Crippen LogP contribution in [0.3, 0.4) is 0 Å². The van der Waals surface area contributed by atoms with Crippen molar-refractivity contribution >= 4 is 38.9 Å². The van der Waals surface area contributed by atoms with E-state index in [2.05, 4.69) is 26.6 Å². The molecule has 5 heteroatoms. The van der Waals surface area contributed by atoms with Crippen LogP contribution in [0.15, 0.2) is 16.6 Å². The summed E-state index contributed by atoms with van der Waals surface area (Å²) in [6.07, 6.45) is 0. The molecule has 2 N–H and O–H groups in total. The second-order valence-corrected chi connectivity index (χ2v) is 5.10. The minimum atomic E-state index is -0.305. The summed E-state index contributed by atoms with van der Waals surface area (Å²) in [6.45, 7) is 5.87. The Balaban J connectivity index is 2.81. The molecule has 0 unspecified atom stereocenters. The molecule has 0 bridgehead atoms. The highest BCUT2D eigenvalue weighted by Gasteiger charge is 2.07. The minimum Gasteiger partial charge on any atom is -0.360 e. The van der Waals surface area contributed by atoms with E-state index < -0.39 is 0 Å². The number of rotatable bonds is 2. The predicted octanol–water partition coefficient (Wildman–Crippen LogP) is 3.59. The number of aryl methyl sites for hydroxylation is 1. The van der Waals surface area contributed by atoms with E-state index >= 15 is 0 Å². The van der Waals surface area contributed by atoms with Gasteiger partial charge in [-0.15, -0.1) is 0 Å². The summed E-state index contributed by atoms with van der Waals surface area (Å²) in [5.74, 6) is -0.305. The van der Waals surface area contributed by atoms with Gasteiger partial charge in [0, 0.05) is 11.7 Å². The maximum absolute atomic E-state index is 13.3. The molecule has 0 heterocycles. The van der Waals surface area contributed by atoms with E-state index in [1.54, 1.807) is 6.07 Å². The Labute approximate surface area is 109 Å². The van der Waals surface area contributed by atoms with Crippen molar-refractivity contribution in [3.05, 3.63) is 28.0 Å². The number of anilines is 1. The molecule has 0 aromatic heterocycles.